The summed E-state index contributed by atoms with van der Waals surface area (Å²) in [6, 6.07) is 0. The summed E-state index contributed by atoms with van der Waals surface area (Å²) in [5, 5.41) is 0. The van der Waals surface area contributed by atoms with Crippen LogP contribution in [-0.2, 0) is 4.79 Å². The van der Waals surface area contributed by atoms with E-state index in [4.69, 9.17) is 0 Å². The zero-order chi connectivity index (χ0) is 22.0. The molecule has 0 rings (SSSR count). The summed E-state index contributed by atoms with van der Waals surface area (Å²) in [5.74, 6) is 0.522. The van der Waals surface area contributed by atoms with E-state index in [-0.39, 0.29) is 0 Å². The van der Waals surface area contributed by atoms with Gasteiger partial charge in [-0.25, -0.2) is 0 Å². The zero-order valence-electron chi connectivity index (χ0n) is 21.3. The van der Waals surface area contributed by atoms with E-state index in [1.807, 2.05) is 0 Å². The maximum Gasteiger partial charge on any atom is 0.132 e. The van der Waals surface area contributed by atoms with Gasteiger partial charge in [0.1, 0.15) is 5.78 Å². The van der Waals surface area contributed by atoms with Gasteiger partial charge in [0.25, 0.3) is 0 Å². The predicted octanol–water partition coefficient (Wildman–Crippen LogP) is 10.7. The first-order valence-corrected chi connectivity index (χ1v) is 14.3. The third kappa shape index (κ3) is 25.7. The van der Waals surface area contributed by atoms with Crippen LogP contribution in [0.3, 0.4) is 0 Å². The Bertz CT molecular complexity index is 322. The Kier molecular flexibility index (Phi) is 26.4. The van der Waals surface area contributed by atoms with E-state index in [1.165, 1.54) is 141 Å². The molecule has 0 aromatic heterocycles. The highest BCUT2D eigenvalue weighted by Gasteiger charge is 2.02. The van der Waals surface area contributed by atoms with Crippen LogP contribution in [0.15, 0.2) is 0 Å². The second-order valence-corrected chi connectivity index (χ2v) is 9.82. The fourth-order valence-corrected chi connectivity index (χ4v) is 4.45. The second kappa shape index (κ2) is 26.7. The highest BCUT2D eigenvalue weighted by atomic mass is 16.1. The topological polar surface area (TPSA) is 17.1 Å². The minimum Gasteiger partial charge on any atom is -0.300 e. The molecule has 0 aromatic carbocycles. The molecule has 180 valence electrons. The first-order chi connectivity index (χ1) is 14.8. The van der Waals surface area contributed by atoms with Crippen LogP contribution in [-0.4, -0.2) is 5.78 Å². The van der Waals surface area contributed by atoms with Crippen molar-refractivity contribution in [3.05, 3.63) is 0 Å². The molecule has 0 saturated heterocycles. The molecule has 0 saturated carbocycles. The van der Waals surface area contributed by atoms with Gasteiger partial charge >= 0.3 is 0 Å². The maximum atomic E-state index is 12.0. The number of hydrogen-bond donors (Lipinski definition) is 0. The van der Waals surface area contributed by atoms with Gasteiger partial charge in [0.05, 0.1) is 0 Å². The Morgan fingerprint density at radius 1 is 0.333 bits per heavy atom. The first-order valence-electron chi connectivity index (χ1n) is 14.3. The van der Waals surface area contributed by atoms with Crippen LogP contribution >= 0.6 is 0 Å². The fourth-order valence-electron chi connectivity index (χ4n) is 4.45. The third-order valence-electron chi connectivity index (χ3n) is 6.62. The van der Waals surface area contributed by atoms with E-state index in [1.54, 1.807) is 0 Å². The summed E-state index contributed by atoms with van der Waals surface area (Å²) >= 11 is 0. The summed E-state index contributed by atoms with van der Waals surface area (Å²) in [6.07, 6.45) is 34.6. The minimum atomic E-state index is 0.522. The van der Waals surface area contributed by atoms with E-state index >= 15 is 0 Å². The Morgan fingerprint density at radius 2 is 0.533 bits per heavy atom. The van der Waals surface area contributed by atoms with Gasteiger partial charge in [0, 0.05) is 12.8 Å². The molecule has 0 fully saturated rings. The molecular weight excluding hydrogens is 364 g/mol. The van der Waals surface area contributed by atoms with Gasteiger partial charge in [-0.05, 0) is 12.8 Å². The van der Waals surface area contributed by atoms with Gasteiger partial charge in [-0.3, -0.25) is 4.79 Å². The zero-order valence-corrected chi connectivity index (χ0v) is 21.3. The molecule has 0 bridgehead atoms. The van der Waals surface area contributed by atoms with Gasteiger partial charge in [-0.15, -0.1) is 0 Å². The molecule has 0 spiro atoms. The molecule has 30 heavy (non-hydrogen) atoms. The summed E-state index contributed by atoms with van der Waals surface area (Å²) in [7, 11) is 0. The largest absolute Gasteiger partial charge is 0.300 e. The van der Waals surface area contributed by atoms with Crippen LogP contribution in [0.2, 0.25) is 0 Å². The summed E-state index contributed by atoms with van der Waals surface area (Å²) < 4.78 is 0. The molecule has 1 heteroatoms. The van der Waals surface area contributed by atoms with E-state index in [2.05, 4.69) is 13.8 Å². The first kappa shape index (κ1) is 29.7. The molecule has 0 heterocycles. The number of hydrogen-bond acceptors (Lipinski definition) is 1. The van der Waals surface area contributed by atoms with Crippen molar-refractivity contribution in [1.29, 1.82) is 0 Å². The van der Waals surface area contributed by atoms with Gasteiger partial charge in [0.15, 0.2) is 0 Å². The summed E-state index contributed by atoms with van der Waals surface area (Å²) in [6.45, 7) is 4.57. The molecular formula is C29H58O. The number of carbonyl (C=O) groups excluding carboxylic acids is 1. The highest BCUT2D eigenvalue weighted by molar-refractivity contribution is 5.78. The lowest BCUT2D eigenvalue weighted by molar-refractivity contribution is -0.119. The summed E-state index contributed by atoms with van der Waals surface area (Å²) in [4.78, 5) is 12.0. The van der Waals surface area contributed by atoms with Gasteiger partial charge in [0.2, 0.25) is 0 Å². The number of rotatable bonds is 26. The molecule has 0 aliphatic rings. The van der Waals surface area contributed by atoms with Crippen molar-refractivity contribution in [2.24, 2.45) is 0 Å². The SMILES string of the molecule is CCCCCCCCCCCCCCCC(=O)CCCCCCCCCCCCC. The maximum absolute atomic E-state index is 12.0. The molecule has 0 radical (unpaired) electrons. The molecule has 1 nitrogen and oxygen atoms in total. The number of ketones is 1. The minimum absolute atomic E-state index is 0.522. The average molecular weight is 423 g/mol. The molecule has 0 atom stereocenters. The van der Waals surface area contributed by atoms with Crippen molar-refractivity contribution in [1.82, 2.24) is 0 Å². The monoisotopic (exact) mass is 422 g/mol. The molecule has 0 N–H and O–H groups in total. The molecule has 0 unspecified atom stereocenters. The lowest BCUT2D eigenvalue weighted by atomic mass is 10.0. The van der Waals surface area contributed by atoms with Gasteiger partial charge in [-0.1, -0.05) is 155 Å². The van der Waals surface area contributed by atoms with Crippen molar-refractivity contribution >= 4 is 5.78 Å². The molecule has 0 aliphatic heterocycles. The predicted molar refractivity (Wildman–Crippen MR) is 136 cm³/mol. The van der Waals surface area contributed by atoms with E-state index in [0.29, 0.717) is 5.78 Å². The van der Waals surface area contributed by atoms with Gasteiger partial charge in [-0.2, -0.15) is 0 Å². The fraction of sp³-hybridized carbons (Fsp3) is 0.966. The summed E-state index contributed by atoms with van der Waals surface area (Å²) in [5.41, 5.74) is 0. The van der Waals surface area contributed by atoms with Crippen LogP contribution in [0.4, 0.5) is 0 Å². The molecule has 0 aromatic rings. The van der Waals surface area contributed by atoms with Crippen molar-refractivity contribution in [3.8, 4) is 0 Å². The van der Waals surface area contributed by atoms with Crippen LogP contribution in [0.5, 0.6) is 0 Å². The van der Waals surface area contributed by atoms with Crippen molar-refractivity contribution in [3.63, 3.8) is 0 Å². The lowest BCUT2D eigenvalue weighted by Gasteiger charge is -2.04. The van der Waals surface area contributed by atoms with Crippen LogP contribution in [0.1, 0.15) is 181 Å². The number of carbonyl (C=O) groups is 1. The Hall–Kier alpha value is -0.330. The van der Waals surface area contributed by atoms with Crippen molar-refractivity contribution in [2.45, 2.75) is 181 Å². The Balaban J connectivity index is 3.13. The number of unbranched alkanes of at least 4 members (excludes halogenated alkanes) is 22. The van der Waals surface area contributed by atoms with Crippen LogP contribution < -0.4 is 0 Å². The standard InChI is InChI=1S/C29H58O/c1-3-5-7-9-11-13-15-16-18-20-22-24-26-28-29(30)27-25-23-21-19-17-14-12-10-8-6-4-2/h3-28H2,1-2H3. The molecule has 0 aliphatic carbocycles. The highest BCUT2D eigenvalue weighted by Crippen LogP contribution is 2.15. The van der Waals surface area contributed by atoms with Gasteiger partial charge < -0.3 is 0 Å². The van der Waals surface area contributed by atoms with Crippen LogP contribution in [0, 0.1) is 0 Å². The molecule has 0 amide bonds. The Morgan fingerprint density at radius 3 is 0.767 bits per heavy atom. The smallest absolute Gasteiger partial charge is 0.132 e. The van der Waals surface area contributed by atoms with E-state index < -0.39 is 0 Å². The van der Waals surface area contributed by atoms with E-state index in [0.717, 1.165) is 25.7 Å². The second-order valence-electron chi connectivity index (χ2n) is 9.82. The van der Waals surface area contributed by atoms with E-state index in [9.17, 15) is 4.79 Å². The van der Waals surface area contributed by atoms with Crippen LogP contribution in [0.25, 0.3) is 0 Å². The quantitative estimate of drug-likeness (QED) is 0.127. The third-order valence-corrected chi connectivity index (χ3v) is 6.62. The number of Topliss-reactive ketones (excluding diaryl/α,β-unsaturated/α-hetero) is 1. The Labute approximate surface area is 191 Å². The average Bonchev–Trinajstić information content (AvgIpc) is 2.75. The normalized spacial score (nSPS) is 11.3. The van der Waals surface area contributed by atoms with Crippen molar-refractivity contribution in [2.75, 3.05) is 0 Å². The lowest BCUT2D eigenvalue weighted by Crippen LogP contribution is -1.97. The van der Waals surface area contributed by atoms with Crippen molar-refractivity contribution < 1.29 is 4.79 Å².